The van der Waals surface area contributed by atoms with Crippen molar-refractivity contribution < 1.29 is 24.2 Å². The highest BCUT2D eigenvalue weighted by Crippen LogP contribution is 2.19. The third kappa shape index (κ3) is 5.51. The quantitative estimate of drug-likeness (QED) is 0.509. The molecule has 0 spiro atoms. The summed E-state index contributed by atoms with van der Waals surface area (Å²) in [6.07, 6.45) is 6.19. The lowest BCUT2D eigenvalue weighted by atomic mass is 9.93. The van der Waals surface area contributed by atoms with Crippen LogP contribution in [0.5, 0.6) is 0 Å². The predicted molar refractivity (Wildman–Crippen MR) is 94.5 cm³/mol. The number of hydrogen-bond donors (Lipinski definition) is 3. The van der Waals surface area contributed by atoms with Crippen molar-refractivity contribution in [2.75, 3.05) is 39.5 Å². The Labute approximate surface area is 153 Å². The number of rotatable bonds is 7. The Balaban J connectivity index is 1.45. The fraction of sp³-hybridized carbons (Fsp3) is 0.778. The van der Waals surface area contributed by atoms with Gasteiger partial charge < -0.3 is 25.2 Å². The lowest BCUT2D eigenvalue weighted by Gasteiger charge is -2.33. The van der Waals surface area contributed by atoms with Gasteiger partial charge in [-0.3, -0.25) is 14.5 Å². The van der Waals surface area contributed by atoms with Crippen LogP contribution < -0.4 is 10.6 Å². The van der Waals surface area contributed by atoms with Crippen molar-refractivity contribution in [1.29, 1.82) is 0 Å². The zero-order chi connectivity index (χ0) is 18.4. The Kier molecular flexibility index (Phi) is 7.01. The number of nitrogens with one attached hydrogen (secondary N) is 2. The first-order valence-corrected chi connectivity index (χ1v) is 9.47. The minimum absolute atomic E-state index is 0.0316. The molecule has 0 aromatic carbocycles. The molecule has 2 aliphatic heterocycles. The molecule has 3 aliphatic rings. The van der Waals surface area contributed by atoms with Crippen molar-refractivity contribution >= 4 is 11.8 Å². The summed E-state index contributed by atoms with van der Waals surface area (Å²) < 4.78 is 11.1. The maximum Gasteiger partial charge on any atom is 0.234 e. The fourth-order valence-corrected chi connectivity index (χ4v) is 3.35. The van der Waals surface area contributed by atoms with Crippen LogP contribution >= 0.6 is 0 Å². The standard InChI is InChI=1S/C18H29N3O5/c22-12-16-15(20-18(24)11-21-6-8-25-9-7-21)5-4-14(26-16)10-17(23)19-13-2-1-3-13/h4-5,13-16,22H,1-3,6-12H2,(H,19,23)(H,20,24)/t14-,15+,16+/m1/s1. The minimum atomic E-state index is -0.546. The summed E-state index contributed by atoms with van der Waals surface area (Å²) in [7, 11) is 0. The monoisotopic (exact) mass is 367 g/mol. The number of morpholine rings is 1. The molecule has 8 heteroatoms. The van der Waals surface area contributed by atoms with Gasteiger partial charge in [-0.1, -0.05) is 12.2 Å². The van der Waals surface area contributed by atoms with Gasteiger partial charge in [0.05, 0.1) is 44.9 Å². The fourth-order valence-electron chi connectivity index (χ4n) is 3.35. The summed E-state index contributed by atoms with van der Waals surface area (Å²) in [4.78, 5) is 26.3. The Morgan fingerprint density at radius 3 is 2.54 bits per heavy atom. The van der Waals surface area contributed by atoms with Gasteiger partial charge in [0.2, 0.25) is 11.8 Å². The first kappa shape index (κ1) is 19.3. The van der Waals surface area contributed by atoms with Crippen LogP contribution in [-0.2, 0) is 19.1 Å². The first-order valence-electron chi connectivity index (χ1n) is 9.47. The summed E-state index contributed by atoms with van der Waals surface area (Å²) in [6.45, 7) is 2.86. The first-order chi connectivity index (χ1) is 12.6. The zero-order valence-corrected chi connectivity index (χ0v) is 15.1. The molecule has 8 nitrogen and oxygen atoms in total. The van der Waals surface area contributed by atoms with Crippen molar-refractivity contribution in [2.45, 2.75) is 50.0 Å². The predicted octanol–water partition coefficient (Wildman–Crippen LogP) is -0.822. The van der Waals surface area contributed by atoms with Crippen LogP contribution in [0.2, 0.25) is 0 Å². The summed E-state index contributed by atoms with van der Waals surface area (Å²) >= 11 is 0. The zero-order valence-electron chi connectivity index (χ0n) is 15.1. The second-order valence-electron chi connectivity index (χ2n) is 7.16. The molecule has 0 unspecified atom stereocenters. The highest BCUT2D eigenvalue weighted by atomic mass is 16.5. The summed E-state index contributed by atoms with van der Waals surface area (Å²) in [6, 6.07) is -0.0876. The van der Waals surface area contributed by atoms with E-state index in [0.29, 0.717) is 25.8 Å². The topological polar surface area (TPSA) is 100 Å². The van der Waals surface area contributed by atoms with Gasteiger partial charge in [0.25, 0.3) is 0 Å². The van der Waals surface area contributed by atoms with Crippen LogP contribution in [0.25, 0.3) is 0 Å². The summed E-state index contributed by atoms with van der Waals surface area (Å²) in [5, 5.41) is 15.5. The van der Waals surface area contributed by atoms with Gasteiger partial charge >= 0.3 is 0 Å². The summed E-state index contributed by atoms with van der Waals surface area (Å²) in [5.41, 5.74) is 0. The average Bonchev–Trinajstić information content (AvgIpc) is 2.60. The van der Waals surface area contributed by atoms with E-state index in [2.05, 4.69) is 10.6 Å². The largest absolute Gasteiger partial charge is 0.394 e. The third-order valence-electron chi connectivity index (χ3n) is 5.12. The van der Waals surface area contributed by atoms with E-state index in [4.69, 9.17) is 9.47 Å². The van der Waals surface area contributed by atoms with E-state index in [-0.39, 0.29) is 37.0 Å². The number of aliphatic hydroxyl groups excluding tert-OH is 1. The number of hydrogen-bond acceptors (Lipinski definition) is 6. The maximum absolute atomic E-state index is 12.2. The van der Waals surface area contributed by atoms with Crippen molar-refractivity contribution in [3.8, 4) is 0 Å². The second-order valence-corrected chi connectivity index (χ2v) is 7.16. The molecule has 2 heterocycles. The molecule has 1 saturated carbocycles. The van der Waals surface area contributed by atoms with E-state index in [0.717, 1.165) is 25.9 Å². The lowest BCUT2D eigenvalue weighted by Crippen LogP contribution is -2.52. The van der Waals surface area contributed by atoms with Crippen LogP contribution in [0.3, 0.4) is 0 Å². The lowest BCUT2D eigenvalue weighted by molar-refractivity contribution is -0.129. The van der Waals surface area contributed by atoms with E-state index in [1.165, 1.54) is 6.42 Å². The molecule has 0 radical (unpaired) electrons. The molecule has 1 saturated heterocycles. The second kappa shape index (κ2) is 9.45. The van der Waals surface area contributed by atoms with Gasteiger partial charge in [-0.15, -0.1) is 0 Å². The molecule has 1 aliphatic carbocycles. The van der Waals surface area contributed by atoms with Gasteiger partial charge in [-0.25, -0.2) is 0 Å². The number of amides is 2. The van der Waals surface area contributed by atoms with E-state index in [1.807, 2.05) is 11.0 Å². The molecular weight excluding hydrogens is 338 g/mol. The van der Waals surface area contributed by atoms with Crippen LogP contribution in [0, 0.1) is 0 Å². The number of nitrogens with zero attached hydrogens (tertiary/aromatic N) is 1. The van der Waals surface area contributed by atoms with Gasteiger partial charge in [0.15, 0.2) is 0 Å². The van der Waals surface area contributed by atoms with Crippen LogP contribution in [-0.4, -0.2) is 85.6 Å². The Morgan fingerprint density at radius 1 is 1.12 bits per heavy atom. The molecule has 3 rings (SSSR count). The van der Waals surface area contributed by atoms with Crippen molar-refractivity contribution in [2.24, 2.45) is 0 Å². The van der Waals surface area contributed by atoms with Crippen molar-refractivity contribution in [3.63, 3.8) is 0 Å². The SMILES string of the molecule is O=C(C[C@H]1C=C[C@H](NC(=O)CN2CCOCC2)[C@H](CO)O1)NC1CCC1. The Hall–Kier alpha value is -1.48. The van der Waals surface area contributed by atoms with Crippen LogP contribution in [0.4, 0.5) is 0 Å². The van der Waals surface area contributed by atoms with Crippen LogP contribution in [0.15, 0.2) is 12.2 Å². The number of carbonyl (C=O) groups is 2. The molecule has 146 valence electrons. The molecule has 0 bridgehead atoms. The van der Waals surface area contributed by atoms with Gasteiger partial charge in [0.1, 0.15) is 6.10 Å². The minimum Gasteiger partial charge on any atom is -0.394 e. The molecule has 26 heavy (non-hydrogen) atoms. The van der Waals surface area contributed by atoms with Gasteiger partial charge in [-0.05, 0) is 19.3 Å². The third-order valence-corrected chi connectivity index (χ3v) is 5.12. The molecule has 0 aromatic heterocycles. The average molecular weight is 367 g/mol. The molecular formula is C18H29N3O5. The Bertz CT molecular complexity index is 517. The van der Waals surface area contributed by atoms with Crippen molar-refractivity contribution in [1.82, 2.24) is 15.5 Å². The summed E-state index contributed by atoms with van der Waals surface area (Å²) in [5.74, 6) is -0.138. The van der Waals surface area contributed by atoms with E-state index in [9.17, 15) is 14.7 Å². The van der Waals surface area contributed by atoms with E-state index >= 15 is 0 Å². The van der Waals surface area contributed by atoms with Crippen molar-refractivity contribution in [3.05, 3.63) is 12.2 Å². The smallest absolute Gasteiger partial charge is 0.234 e. The highest BCUT2D eigenvalue weighted by molar-refractivity contribution is 5.79. The van der Waals surface area contributed by atoms with E-state index < -0.39 is 6.10 Å². The number of aliphatic hydroxyl groups is 1. The van der Waals surface area contributed by atoms with Gasteiger partial charge in [-0.2, -0.15) is 0 Å². The molecule has 2 amide bonds. The number of ether oxygens (including phenoxy) is 2. The highest BCUT2D eigenvalue weighted by Gasteiger charge is 2.30. The molecule has 2 fully saturated rings. The van der Waals surface area contributed by atoms with E-state index in [1.54, 1.807) is 6.08 Å². The Morgan fingerprint density at radius 2 is 1.88 bits per heavy atom. The molecule has 3 atom stereocenters. The van der Waals surface area contributed by atoms with Crippen LogP contribution in [0.1, 0.15) is 25.7 Å². The molecule has 0 aromatic rings. The molecule has 3 N–H and O–H groups in total. The normalized spacial score (nSPS) is 29.8. The number of carbonyl (C=O) groups excluding carboxylic acids is 2. The van der Waals surface area contributed by atoms with Gasteiger partial charge in [0, 0.05) is 19.1 Å². The maximum atomic E-state index is 12.2.